The molecular formula is C4H7IO2. The van der Waals surface area contributed by atoms with Gasteiger partial charge in [0.1, 0.15) is 0 Å². The monoisotopic (exact) mass is 214 g/mol. The van der Waals surface area contributed by atoms with Gasteiger partial charge in [0.05, 0.1) is 0 Å². The molecule has 0 heterocycles. The summed E-state index contributed by atoms with van der Waals surface area (Å²) in [6.45, 7) is 4.07. The highest BCUT2D eigenvalue weighted by Gasteiger charge is 2.10. The average Bonchev–Trinajstić information content (AvgIpc) is 1.30. The van der Waals surface area contributed by atoms with E-state index in [4.69, 9.17) is 0 Å². The highest BCUT2D eigenvalue weighted by atomic mass is 127. The van der Waals surface area contributed by atoms with Gasteiger partial charge in [-0.05, 0) is 36.4 Å². The highest BCUT2D eigenvalue weighted by Crippen LogP contribution is 2.15. The fourth-order valence-electron chi connectivity index (χ4n) is 0.114. The van der Waals surface area contributed by atoms with Crippen LogP contribution in [0.15, 0.2) is 0 Å². The zero-order chi connectivity index (χ0) is 5.91. The van der Waals surface area contributed by atoms with E-state index in [-0.39, 0.29) is 3.61 Å². The van der Waals surface area contributed by atoms with Crippen LogP contribution in [0.3, 0.4) is 0 Å². The number of hydrogen-bond donors (Lipinski definition) is 0. The van der Waals surface area contributed by atoms with Crippen LogP contribution in [-0.2, 0) is 9.53 Å². The minimum absolute atomic E-state index is 0.348. The van der Waals surface area contributed by atoms with Crippen LogP contribution in [0.1, 0.15) is 13.8 Å². The Kier molecular flexibility index (Phi) is 2.56. The van der Waals surface area contributed by atoms with Crippen molar-refractivity contribution in [1.82, 2.24) is 0 Å². The molecule has 0 aromatic carbocycles. The highest BCUT2D eigenvalue weighted by molar-refractivity contribution is 14.1. The lowest BCUT2D eigenvalue weighted by atomic mass is 10.5. The fourth-order valence-corrected chi connectivity index (χ4v) is 0.218. The van der Waals surface area contributed by atoms with Gasteiger partial charge in [0.15, 0.2) is 3.61 Å². The van der Waals surface area contributed by atoms with E-state index in [1.165, 1.54) is 0 Å². The molecule has 0 aliphatic rings. The van der Waals surface area contributed by atoms with Crippen LogP contribution in [0.5, 0.6) is 0 Å². The molecule has 0 aromatic heterocycles. The average molecular weight is 214 g/mol. The van der Waals surface area contributed by atoms with Gasteiger partial charge >= 0.3 is 0 Å². The molecule has 7 heavy (non-hydrogen) atoms. The van der Waals surface area contributed by atoms with E-state index in [0.29, 0.717) is 6.47 Å². The van der Waals surface area contributed by atoms with Crippen molar-refractivity contribution >= 4 is 29.1 Å². The Hall–Kier alpha value is 0.200. The first-order valence-electron chi connectivity index (χ1n) is 1.86. The second-order valence-corrected chi connectivity index (χ2v) is 4.18. The molecule has 0 saturated carbocycles. The Balaban J connectivity index is 3.34. The Morgan fingerprint density at radius 3 is 2.14 bits per heavy atom. The minimum Gasteiger partial charge on any atom is -0.451 e. The number of alkyl halides is 1. The van der Waals surface area contributed by atoms with Gasteiger partial charge in [-0.3, -0.25) is 4.79 Å². The van der Waals surface area contributed by atoms with Gasteiger partial charge in [-0.15, -0.1) is 0 Å². The van der Waals surface area contributed by atoms with Crippen molar-refractivity contribution in [2.75, 3.05) is 0 Å². The van der Waals surface area contributed by atoms with Gasteiger partial charge in [-0.25, -0.2) is 0 Å². The minimum atomic E-state index is -0.348. The lowest BCUT2D eigenvalue weighted by Gasteiger charge is -2.11. The van der Waals surface area contributed by atoms with Crippen molar-refractivity contribution < 1.29 is 9.53 Å². The number of carbonyl (C=O) groups is 1. The Morgan fingerprint density at radius 1 is 1.71 bits per heavy atom. The lowest BCUT2D eigenvalue weighted by molar-refractivity contribution is -0.132. The summed E-state index contributed by atoms with van der Waals surface area (Å²) in [7, 11) is 0. The molecule has 0 saturated heterocycles. The Labute approximate surface area is 56.4 Å². The first-order chi connectivity index (χ1) is 3.06. The SMILES string of the molecule is CC(C)(I)OC=O. The van der Waals surface area contributed by atoms with E-state index in [9.17, 15) is 4.79 Å². The summed E-state index contributed by atoms with van der Waals surface area (Å²) in [4.78, 5) is 9.59. The maximum Gasteiger partial charge on any atom is 0.294 e. The van der Waals surface area contributed by atoms with Crippen LogP contribution in [-0.4, -0.2) is 10.1 Å². The predicted octanol–water partition coefficient (Wildman–Crippen LogP) is 1.33. The third-order valence-corrected chi connectivity index (χ3v) is 0.583. The van der Waals surface area contributed by atoms with Crippen molar-refractivity contribution in [3.05, 3.63) is 0 Å². The number of carbonyl (C=O) groups excluding carboxylic acids is 1. The quantitative estimate of drug-likeness (QED) is 0.393. The number of rotatable bonds is 2. The molecule has 0 N–H and O–H groups in total. The van der Waals surface area contributed by atoms with Gasteiger partial charge in [-0.2, -0.15) is 0 Å². The molecule has 0 aromatic rings. The second kappa shape index (κ2) is 2.49. The standard InChI is InChI=1S/C4H7IO2/c1-4(2,5)7-3-6/h3H,1-2H3. The van der Waals surface area contributed by atoms with Gasteiger partial charge in [0, 0.05) is 0 Å². The first kappa shape index (κ1) is 7.20. The zero-order valence-corrected chi connectivity index (χ0v) is 6.43. The zero-order valence-electron chi connectivity index (χ0n) is 4.27. The third kappa shape index (κ3) is 6.20. The molecule has 0 aliphatic carbocycles. The van der Waals surface area contributed by atoms with Crippen molar-refractivity contribution in [2.24, 2.45) is 0 Å². The van der Waals surface area contributed by atoms with Gasteiger partial charge in [-0.1, -0.05) is 0 Å². The van der Waals surface area contributed by atoms with Gasteiger partial charge in [0.25, 0.3) is 6.47 Å². The number of ether oxygens (including phenoxy) is 1. The first-order valence-corrected chi connectivity index (χ1v) is 2.94. The molecular weight excluding hydrogens is 207 g/mol. The van der Waals surface area contributed by atoms with Gasteiger partial charge < -0.3 is 4.74 Å². The van der Waals surface area contributed by atoms with E-state index in [1.54, 1.807) is 0 Å². The van der Waals surface area contributed by atoms with Crippen LogP contribution in [0, 0.1) is 0 Å². The maximum absolute atomic E-state index is 9.59. The summed E-state index contributed by atoms with van der Waals surface area (Å²) in [5.74, 6) is 0. The van der Waals surface area contributed by atoms with E-state index in [1.807, 2.05) is 36.4 Å². The van der Waals surface area contributed by atoms with E-state index in [2.05, 4.69) is 4.74 Å². The van der Waals surface area contributed by atoms with Crippen molar-refractivity contribution in [1.29, 1.82) is 0 Å². The summed E-state index contributed by atoms with van der Waals surface area (Å²) < 4.78 is 4.19. The molecule has 0 aliphatic heterocycles. The number of hydrogen-bond acceptors (Lipinski definition) is 2. The van der Waals surface area contributed by atoms with Crippen molar-refractivity contribution in [2.45, 2.75) is 17.5 Å². The molecule has 0 unspecified atom stereocenters. The smallest absolute Gasteiger partial charge is 0.294 e. The van der Waals surface area contributed by atoms with Crippen LogP contribution >= 0.6 is 22.6 Å². The summed E-state index contributed by atoms with van der Waals surface area (Å²) >= 11 is 2.02. The molecule has 3 heteroatoms. The predicted molar refractivity (Wildman–Crippen MR) is 35.2 cm³/mol. The Morgan fingerprint density at radius 2 is 2.14 bits per heavy atom. The normalized spacial score (nSPS) is 10.7. The van der Waals surface area contributed by atoms with E-state index < -0.39 is 0 Å². The third-order valence-electron chi connectivity index (χ3n) is 0.328. The molecule has 0 rings (SSSR count). The maximum atomic E-state index is 9.59. The number of halogens is 1. The molecule has 0 atom stereocenters. The molecule has 0 fully saturated rings. The lowest BCUT2D eigenvalue weighted by Crippen LogP contribution is -2.12. The van der Waals surface area contributed by atoms with Crippen molar-refractivity contribution in [3.63, 3.8) is 0 Å². The molecule has 42 valence electrons. The van der Waals surface area contributed by atoms with E-state index >= 15 is 0 Å². The summed E-state index contributed by atoms with van der Waals surface area (Å²) in [6, 6.07) is 0. The fraction of sp³-hybridized carbons (Fsp3) is 0.750. The molecule has 0 amide bonds. The van der Waals surface area contributed by atoms with Crippen molar-refractivity contribution in [3.8, 4) is 0 Å². The van der Waals surface area contributed by atoms with E-state index in [0.717, 1.165) is 0 Å². The van der Waals surface area contributed by atoms with Crippen LogP contribution < -0.4 is 0 Å². The van der Waals surface area contributed by atoms with Gasteiger partial charge in [0.2, 0.25) is 0 Å². The second-order valence-electron chi connectivity index (χ2n) is 1.58. The summed E-state index contributed by atoms with van der Waals surface area (Å²) in [5.41, 5.74) is 0. The van der Waals surface area contributed by atoms with Crippen LogP contribution in [0.25, 0.3) is 0 Å². The molecule has 2 nitrogen and oxygen atoms in total. The summed E-state index contributed by atoms with van der Waals surface area (Å²) in [5, 5.41) is 0. The molecule has 0 radical (unpaired) electrons. The summed E-state index contributed by atoms with van der Waals surface area (Å²) in [6.07, 6.45) is 0. The molecule has 0 bridgehead atoms. The largest absolute Gasteiger partial charge is 0.451 e. The van der Waals surface area contributed by atoms with Crippen LogP contribution in [0.4, 0.5) is 0 Å². The molecule has 0 spiro atoms. The van der Waals surface area contributed by atoms with Crippen LogP contribution in [0.2, 0.25) is 0 Å². The topological polar surface area (TPSA) is 26.3 Å². The Bertz CT molecular complexity index is 64.6.